The van der Waals surface area contributed by atoms with Gasteiger partial charge in [0.15, 0.2) is 6.29 Å². The molecule has 0 saturated heterocycles. The highest BCUT2D eigenvalue weighted by molar-refractivity contribution is 5.98. The minimum atomic E-state index is -0.476. The Labute approximate surface area is 124 Å². The molecule has 2 aromatic rings. The van der Waals surface area contributed by atoms with Crippen molar-refractivity contribution in [1.29, 1.82) is 0 Å². The van der Waals surface area contributed by atoms with Gasteiger partial charge in [0.05, 0.1) is 0 Å². The van der Waals surface area contributed by atoms with Crippen LogP contribution in [0.15, 0.2) is 42.7 Å². The highest BCUT2D eigenvalue weighted by Crippen LogP contribution is 2.29. The Morgan fingerprint density at radius 1 is 1.19 bits per heavy atom. The van der Waals surface area contributed by atoms with Gasteiger partial charge in [0.2, 0.25) is 5.91 Å². The summed E-state index contributed by atoms with van der Waals surface area (Å²) in [4.78, 5) is 27.1. The molecule has 0 atom stereocenters. The van der Waals surface area contributed by atoms with E-state index in [4.69, 9.17) is 0 Å². The number of carbonyl (C=O) groups is 2. The maximum atomic E-state index is 12.2. The number of anilines is 1. The van der Waals surface area contributed by atoms with Crippen LogP contribution in [0.25, 0.3) is 11.1 Å². The average Bonchev–Trinajstić information content (AvgIpc) is 2.47. The van der Waals surface area contributed by atoms with E-state index >= 15 is 0 Å². The van der Waals surface area contributed by atoms with Crippen molar-refractivity contribution in [3.8, 4) is 11.1 Å². The van der Waals surface area contributed by atoms with Gasteiger partial charge in [-0.3, -0.25) is 14.6 Å². The zero-order valence-electron chi connectivity index (χ0n) is 12.4. The number of hydrogen-bond acceptors (Lipinski definition) is 3. The van der Waals surface area contributed by atoms with Crippen molar-refractivity contribution in [2.75, 3.05) is 5.32 Å². The molecule has 1 heterocycles. The lowest BCUT2D eigenvalue weighted by molar-refractivity contribution is -0.123. The Bertz CT molecular complexity index is 672. The molecule has 4 heteroatoms. The number of aromatic nitrogens is 1. The summed E-state index contributed by atoms with van der Waals surface area (Å²) in [6, 6.07) is 9.23. The first-order valence-electron chi connectivity index (χ1n) is 6.73. The smallest absolute Gasteiger partial charge is 0.229 e. The van der Waals surface area contributed by atoms with Gasteiger partial charge in [-0.1, -0.05) is 39.0 Å². The van der Waals surface area contributed by atoms with Crippen molar-refractivity contribution >= 4 is 17.9 Å². The summed E-state index contributed by atoms with van der Waals surface area (Å²) in [6.07, 6.45) is 3.94. The van der Waals surface area contributed by atoms with Crippen LogP contribution in [0.5, 0.6) is 0 Å². The van der Waals surface area contributed by atoms with Gasteiger partial charge in [0.25, 0.3) is 0 Å². The van der Waals surface area contributed by atoms with Crippen LogP contribution in [0, 0.1) is 5.41 Å². The molecule has 0 aliphatic rings. The van der Waals surface area contributed by atoms with Gasteiger partial charge in [-0.15, -0.1) is 0 Å². The summed E-state index contributed by atoms with van der Waals surface area (Å²) >= 11 is 0. The predicted octanol–water partition coefficient (Wildman–Crippen LogP) is 3.55. The zero-order chi connectivity index (χ0) is 15.5. The molecule has 0 radical (unpaired) electrons. The van der Waals surface area contributed by atoms with E-state index in [1.807, 2.05) is 45.0 Å². The van der Waals surface area contributed by atoms with E-state index in [-0.39, 0.29) is 5.91 Å². The number of nitrogens with zero attached hydrogens (tertiary/aromatic N) is 1. The maximum Gasteiger partial charge on any atom is 0.229 e. The van der Waals surface area contributed by atoms with E-state index in [2.05, 4.69) is 10.3 Å². The third-order valence-corrected chi connectivity index (χ3v) is 3.06. The molecule has 108 valence electrons. The quantitative estimate of drug-likeness (QED) is 0.876. The number of aldehydes is 1. The third kappa shape index (κ3) is 3.54. The number of benzene rings is 1. The zero-order valence-corrected chi connectivity index (χ0v) is 12.4. The molecular formula is C17H18N2O2. The van der Waals surface area contributed by atoms with Gasteiger partial charge in [-0.25, -0.2) is 0 Å². The van der Waals surface area contributed by atoms with E-state index in [1.165, 1.54) is 6.20 Å². The molecule has 4 nitrogen and oxygen atoms in total. The molecule has 0 saturated carbocycles. The number of pyridine rings is 1. The van der Waals surface area contributed by atoms with Crippen LogP contribution in [0.2, 0.25) is 0 Å². The highest BCUT2D eigenvalue weighted by Gasteiger charge is 2.22. The monoisotopic (exact) mass is 282 g/mol. The fraction of sp³-hybridized carbons (Fsp3) is 0.235. The van der Waals surface area contributed by atoms with Crippen molar-refractivity contribution < 1.29 is 9.59 Å². The first-order valence-corrected chi connectivity index (χ1v) is 6.73. The molecule has 21 heavy (non-hydrogen) atoms. The topological polar surface area (TPSA) is 59.1 Å². The second-order valence-electron chi connectivity index (χ2n) is 5.87. The van der Waals surface area contributed by atoms with E-state index in [1.54, 1.807) is 12.3 Å². The lowest BCUT2D eigenvalue weighted by Gasteiger charge is -2.19. The molecule has 1 aromatic carbocycles. The standard InChI is InChI=1S/C17H18N2O2/c1-17(2,3)16(21)19-15-7-5-4-6-14(15)13-8-12(11-20)9-18-10-13/h4-11H,1-3H3,(H,19,21). The summed E-state index contributed by atoms with van der Waals surface area (Å²) in [5, 5.41) is 2.93. The Morgan fingerprint density at radius 2 is 1.90 bits per heavy atom. The Hall–Kier alpha value is -2.49. The first kappa shape index (κ1) is 14.9. The van der Waals surface area contributed by atoms with Crippen molar-refractivity contribution in [3.63, 3.8) is 0 Å². The normalized spacial score (nSPS) is 11.0. The van der Waals surface area contributed by atoms with Gasteiger partial charge in [-0.05, 0) is 12.1 Å². The molecule has 0 bridgehead atoms. The van der Waals surface area contributed by atoms with Gasteiger partial charge < -0.3 is 5.32 Å². The Kier molecular flexibility index (Phi) is 4.17. The summed E-state index contributed by atoms with van der Waals surface area (Å²) < 4.78 is 0. The van der Waals surface area contributed by atoms with Gasteiger partial charge in [-0.2, -0.15) is 0 Å². The molecule has 0 unspecified atom stereocenters. The van der Waals surface area contributed by atoms with E-state index < -0.39 is 5.41 Å². The molecular weight excluding hydrogens is 264 g/mol. The fourth-order valence-electron chi connectivity index (χ4n) is 1.82. The van der Waals surface area contributed by atoms with Crippen LogP contribution in [0.4, 0.5) is 5.69 Å². The Morgan fingerprint density at radius 3 is 2.57 bits per heavy atom. The van der Waals surface area contributed by atoms with Gasteiger partial charge >= 0.3 is 0 Å². The summed E-state index contributed by atoms with van der Waals surface area (Å²) in [7, 11) is 0. The average molecular weight is 282 g/mol. The van der Waals surface area contributed by atoms with Crippen LogP contribution >= 0.6 is 0 Å². The second-order valence-corrected chi connectivity index (χ2v) is 5.87. The molecule has 1 aromatic heterocycles. The number of nitrogens with one attached hydrogen (secondary N) is 1. The van der Waals surface area contributed by atoms with Crippen molar-refractivity contribution in [3.05, 3.63) is 48.3 Å². The van der Waals surface area contributed by atoms with Crippen LogP contribution in [-0.2, 0) is 4.79 Å². The van der Waals surface area contributed by atoms with Crippen LogP contribution in [0.3, 0.4) is 0 Å². The van der Waals surface area contributed by atoms with Crippen molar-refractivity contribution in [2.45, 2.75) is 20.8 Å². The number of hydrogen-bond donors (Lipinski definition) is 1. The minimum Gasteiger partial charge on any atom is -0.325 e. The lowest BCUT2D eigenvalue weighted by atomic mass is 9.95. The van der Waals surface area contributed by atoms with Gasteiger partial charge in [0, 0.05) is 40.2 Å². The third-order valence-electron chi connectivity index (χ3n) is 3.06. The largest absolute Gasteiger partial charge is 0.325 e. The molecule has 0 aliphatic heterocycles. The van der Waals surface area contributed by atoms with Crippen LogP contribution < -0.4 is 5.32 Å². The number of rotatable bonds is 3. The van der Waals surface area contributed by atoms with E-state index in [0.717, 1.165) is 17.4 Å². The predicted molar refractivity (Wildman–Crippen MR) is 83.1 cm³/mol. The SMILES string of the molecule is CC(C)(C)C(=O)Nc1ccccc1-c1cncc(C=O)c1. The minimum absolute atomic E-state index is 0.0607. The number of carbonyl (C=O) groups excluding carboxylic acids is 2. The van der Waals surface area contributed by atoms with E-state index in [9.17, 15) is 9.59 Å². The molecule has 0 aliphatic carbocycles. The highest BCUT2D eigenvalue weighted by atomic mass is 16.2. The molecule has 1 amide bonds. The summed E-state index contributed by atoms with van der Waals surface area (Å²) in [5.74, 6) is -0.0607. The van der Waals surface area contributed by atoms with Crippen molar-refractivity contribution in [2.24, 2.45) is 5.41 Å². The van der Waals surface area contributed by atoms with Crippen LogP contribution in [-0.4, -0.2) is 17.2 Å². The first-order chi connectivity index (χ1) is 9.91. The summed E-state index contributed by atoms with van der Waals surface area (Å²) in [6.45, 7) is 5.58. The Balaban J connectivity index is 2.41. The molecule has 1 N–H and O–H groups in total. The van der Waals surface area contributed by atoms with Gasteiger partial charge in [0.1, 0.15) is 0 Å². The summed E-state index contributed by atoms with van der Waals surface area (Å²) in [5.41, 5.74) is 2.37. The maximum absolute atomic E-state index is 12.2. The molecule has 0 spiro atoms. The van der Waals surface area contributed by atoms with Crippen LogP contribution in [0.1, 0.15) is 31.1 Å². The number of para-hydroxylation sites is 1. The molecule has 2 rings (SSSR count). The lowest BCUT2D eigenvalue weighted by Crippen LogP contribution is -2.27. The fourth-order valence-corrected chi connectivity index (χ4v) is 1.82. The molecule has 0 fully saturated rings. The van der Waals surface area contributed by atoms with Crippen molar-refractivity contribution in [1.82, 2.24) is 4.98 Å². The van der Waals surface area contributed by atoms with E-state index in [0.29, 0.717) is 11.3 Å². The second kappa shape index (κ2) is 5.87. The number of amides is 1.